The molecule has 0 aromatic heterocycles. The van der Waals surface area contributed by atoms with Crippen molar-refractivity contribution in [3.05, 3.63) is 59.0 Å². The van der Waals surface area contributed by atoms with E-state index in [-0.39, 0.29) is 11.1 Å². The Morgan fingerprint density at radius 3 is 2.53 bits per heavy atom. The molecule has 0 radical (unpaired) electrons. The zero-order valence-electron chi connectivity index (χ0n) is 18.8. The second kappa shape index (κ2) is 10.2. The van der Waals surface area contributed by atoms with Gasteiger partial charge in [-0.3, -0.25) is 0 Å². The van der Waals surface area contributed by atoms with Gasteiger partial charge in [0.25, 0.3) is 0 Å². The van der Waals surface area contributed by atoms with Crippen molar-refractivity contribution in [1.82, 2.24) is 0 Å². The van der Waals surface area contributed by atoms with E-state index in [0.717, 1.165) is 29.7 Å². The Labute approximate surface area is 179 Å². The number of benzene rings is 2. The largest absolute Gasteiger partial charge is 0.497 e. The number of hydrogen-bond acceptors (Lipinski definition) is 4. The van der Waals surface area contributed by atoms with Crippen LogP contribution < -0.4 is 14.5 Å². The average molecular weight is 414 g/mol. The summed E-state index contributed by atoms with van der Waals surface area (Å²) in [6.45, 7) is 11.0. The number of anilines is 1. The Morgan fingerprint density at radius 2 is 1.93 bits per heavy atom. The van der Waals surface area contributed by atoms with Crippen LogP contribution in [0.1, 0.15) is 58.6 Å². The third-order valence-corrected chi connectivity index (χ3v) is 4.81. The van der Waals surface area contributed by atoms with Gasteiger partial charge in [0, 0.05) is 17.3 Å². The summed E-state index contributed by atoms with van der Waals surface area (Å²) >= 11 is 0. The van der Waals surface area contributed by atoms with Crippen molar-refractivity contribution in [3.63, 3.8) is 0 Å². The van der Waals surface area contributed by atoms with Gasteiger partial charge in [0.05, 0.1) is 13.7 Å². The van der Waals surface area contributed by atoms with Gasteiger partial charge in [0.15, 0.2) is 0 Å². The van der Waals surface area contributed by atoms with E-state index in [1.807, 2.05) is 12.1 Å². The van der Waals surface area contributed by atoms with E-state index in [2.05, 4.69) is 45.1 Å². The molecule has 0 heterocycles. The normalized spacial score (nSPS) is 11.9. The van der Waals surface area contributed by atoms with E-state index < -0.39 is 5.82 Å². The Bertz CT molecular complexity index is 904. The lowest BCUT2D eigenvalue weighted by Crippen LogP contribution is -2.15. The lowest BCUT2D eigenvalue weighted by atomic mass is 9.86. The summed E-state index contributed by atoms with van der Waals surface area (Å²) in [5, 5.41) is 4.79. The van der Waals surface area contributed by atoms with E-state index in [1.54, 1.807) is 6.92 Å². The first kappa shape index (κ1) is 23.4. The third kappa shape index (κ3) is 5.81. The molecule has 0 unspecified atom stereocenters. The molecular weight excluding hydrogens is 381 g/mol. The fraction of sp³-hybridized carbons (Fsp3) is 0.417. The Hall–Kier alpha value is -2.89. The summed E-state index contributed by atoms with van der Waals surface area (Å²) < 4.78 is 25.6. The molecule has 0 spiro atoms. The van der Waals surface area contributed by atoms with Gasteiger partial charge in [-0.15, -0.1) is 0 Å². The van der Waals surface area contributed by atoms with Gasteiger partial charge in [-0.05, 0) is 54.7 Å². The molecule has 0 saturated carbocycles. The highest BCUT2D eigenvalue weighted by Gasteiger charge is 2.18. The van der Waals surface area contributed by atoms with Crippen molar-refractivity contribution < 1.29 is 13.9 Å². The molecule has 0 aliphatic carbocycles. The lowest BCUT2D eigenvalue weighted by molar-refractivity contribution is 0.308. The topological polar surface area (TPSA) is 57.9 Å². The van der Waals surface area contributed by atoms with Gasteiger partial charge >= 0.3 is 0 Å². The number of unbranched alkanes of at least 4 members (excludes halogenated alkanes) is 1. The molecule has 0 amide bonds. The van der Waals surface area contributed by atoms with E-state index >= 15 is 0 Å². The Morgan fingerprint density at radius 1 is 1.20 bits per heavy atom. The molecule has 162 valence electrons. The highest BCUT2D eigenvalue weighted by Crippen LogP contribution is 2.32. The van der Waals surface area contributed by atoms with E-state index in [1.165, 1.54) is 30.3 Å². The molecule has 5 nitrogen and oxygen atoms in total. The predicted octanol–water partition coefficient (Wildman–Crippen LogP) is 7.12. The first-order valence-electron chi connectivity index (χ1n) is 10.2. The summed E-state index contributed by atoms with van der Waals surface area (Å²) in [5.41, 5.74) is 10.4. The van der Waals surface area contributed by atoms with E-state index in [9.17, 15) is 4.39 Å². The van der Waals surface area contributed by atoms with Crippen LogP contribution in [-0.2, 0) is 5.41 Å². The number of halogens is 1. The minimum absolute atomic E-state index is 0.0309. The van der Waals surface area contributed by atoms with Crippen molar-refractivity contribution in [2.75, 3.05) is 18.7 Å². The summed E-state index contributed by atoms with van der Waals surface area (Å²) in [4.78, 5) is 0. The maximum atomic E-state index is 14.5. The van der Waals surface area contributed by atoms with Crippen molar-refractivity contribution in [2.45, 2.75) is 52.9 Å². The van der Waals surface area contributed by atoms with Crippen LogP contribution >= 0.6 is 0 Å². The molecule has 30 heavy (non-hydrogen) atoms. The van der Waals surface area contributed by atoms with Crippen LogP contribution in [0.25, 0.3) is 6.08 Å². The Balaban J connectivity index is 2.50. The molecule has 6 heteroatoms. The molecule has 2 aromatic carbocycles. The van der Waals surface area contributed by atoms with Gasteiger partial charge in [-0.1, -0.05) is 45.4 Å². The van der Waals surface area contributed by atoms with Gasteiger partial charge < -0.3 is 9.47 Å². The monoisotopic (exact) mass is 413 g/mol. The number of rotatable bonds is 9. The molecule has 0 atom stereocenters. The first-order chi connectivity index (χ1) is 14.2. The fourth-order valence-corrected chi connectivity index (χ4v) is 2.98. The zero-order valence-corrected chi connectivity index (χ0v) is 18.8. The minimum atomic E-state index is -0.484. The number of methoxy groups -OCH3 is 1. The number of allylic oxidation sites excluding steroid dienone is 1. The summed E-state index contributed by atoms with van der Waals surface area (Å²) in [6.07, 6.45) is 3.88. The van der Waals surface area contributed by atoms with E-state index in [4.69, 9.17) is 15.0 Å². The summed E-state index contributed by atoms with van der Waals surface area (Å²) in [5.74, 6) is 0.764. The number of ether oxygens (including phenoxy) is 2. The predicted molar refractivity (Wildman–Crippen MR) is 120 cm³/mol. The molecule has 0 bridgehead atoms. The van der Waals surface area contributed by atoms with Gasteiger partial charge in [-0.25, -0.2) is 9.40 Å². The second-order valence-corrected chi connectivity index (χ2v) is 8.22. The number of nitrogens with zero attached hydrogens (tertiary/aromatic N) is 2. The lowest BCUT2D eigenvalue weighted by Gasteiger charge is -2.22. The maximum absolute atomic E-state index is 14.5. The van der Waals surface area contributed by atoms with Crippen LogP contribution in [0.3, 0.4) is 0 Å². The smallest absolute Gasteiger partial charge is 0.149 e. The molecule has 0 aliphatic rings. The highest BCUT2D eigenvalue weighted by atomic mass is 19.1. The summed E-state index contributed by atoms with van der Waals surface area (Å²) in [7, 11) is 1.51. The van der Waals surface area contributed by atoms with Crippen LogP contribution in [0, 0.1) is 11.3 Å². The molecule has 2 rings (SSSR count). The van der Waals surface area contributed by atoms with Crippen molar-refractivity contribution >= 4 is 11.8 Å². The zero-order chi connectivity index (χ0) is 22.3. The van der Waals surface area contributed by atoms with Crippen LogP contribution in [0.15, 0.2) is 47.3 Å². The standard InChI is InChI=1S/C24H32FN3O2/c1-7-8-13-30-23-12-9-19(24(3,4)5)15-18(23)14-17(2)28(27-26)22-16-20(29-6)10-11-21(22)25/h9-12,14-16,26H,7-8,13H2,1-6H3/b17-14+,27-26?. The molecule has 0 saturated heterocycles. The highest BCUT2D eigenvalue weighted by molar-refractivity contribution is 5.66. The van der Waals surface area contributed by atoms with Crippen molar-refractivity contribution in [3.8, 4) is 11.5 Å². The molecule has 2 aromatic rings. The second-order valence-electron chi connectivity index (χ2n) is 8.22. The van der Waals surface area contributed by atoms with Crippen LogP contribution in [-0.4, -0.2) is 13.7 Å². The molecule has 1 N–H and O–H groups in total. The average Bonchev–Trinajstić information content (AvgIpc) is 2.70. The number of nitrogens with one attached hydrogen (secondary N) is 1. The van der Waals surface area contributed by atoms with E-state index in [0.29, 0.717) is 18.1 Å². The Kier molecular flexibility index (Phi) is 7.98. The fourth-order valence-electron chi connectivity index (χ4n) is 2.98. The van der Waals surface area contributed by atoms with Crippen LogP contribution in [0.2, 0.25) is 0 Å². The van der Waals surface area contributed by atoms with Crippen molar-refractivity contribution in [2.24, 2.45) is 5.22 Å². The van der Waals surface area contributed by atoms with Gasteiger partial charge in [0.1, 0.15) is 23.0 Å². The molecule has 0 aliphatic heterocycles. The quantitative estimate of drug-likeness (QED) is 0.270. The summed E-state index contributed by atoms with van der Waals surface area (Å²) in [6, 6.07) is 10.5. The molecule has 0 fully saturated rings. The van der Waals surface area contributed by atoms with Crippen molar-refractivity contribution in [1.29, 1.82) is 5.53 Å². The minimum Gasteiger partial charge on any atom is -0.497 e. The first-order valence-corrected chi connectivity index (χ1v) is 10.2. The van der Waals surface area contributed by atoms with Crippen LogP contribution in [0.5, 0.6) is 11.5 Å². The van der Waals surface area contributed by atoms with Crippen LogP contribution in [0.4, 0.5) is 10.1 Å². The SMILES string of the molecule is CCCCOc1ccc(C(C)(C)C)cc1/C=C(\C)N(N=N)c1cc(OC)ccc1F. The maximum Gasteiger partial charge on any atom is 0.149 e. The third-order valence-electron chi connectivity index (χ3n) is 4.81. The van der Waals surface area contributed by atoms with Gasteiger partial charge in [-0.2, -0.15) is 5.53 Å². The number of hydrogen-bond donors (Lipinski definition) is 1. The van der Waals surface area contributed by atoms with Gasteiger partial charge in [0.2, 0.25) is 0 Å². The molecular formula is C24H32FN3O2.